The van der Waals surface area contributed by atoms with Gasteiger partial charge in [0.2, 0.25) is 0 Å². The van der Waals surface area contributed by atoms with E-state index in [1.165, 1.54) is 140 Å². The zero-order valence-electron chi connectivity index (χ0n) is 41.8. The Bertz CT molecular complexity index is 5830. The molecule has 0 aromatic heterocycles. The minimum absolute atomic E-state index is 0.348. The van der Waals surface area contributed by atoms with Gasteiger partial charge in [0.1, 0.15) is 0 Å². The second-order valence-corrected chi connectivity index (χ2v) is 23.1. The van der Waals surface area contributed by atoms with Crippen LogP contribution in [-0.4, -0.2) is 23.6 Å². The Labute approximate surface area is 447 Å². The zero-order chi connectivity index (χ0) is 51.8. The van der Waals surface area contributed by atoms with Gasteiger partial charge in [-0.3, -0.25) is 29.8 Å². The van der Waals surface area contributed by atoms with Crippen LogP contribution in [0, 0.1) is 0 Å². The number of fused-ring (bicyclic) bond motifs is 12. The second-order valence-electron chi connectivity index (χ2n) is 23.1. The molecule has 2 aliphatic rings. The van der Waals surface area contributed by atoms with Crippen LogP contribution in [0.5, 0.6) is 0 Å². The average Bonchev–Trinajstić information content (AvgIpc) is 3.35. The van der Waals surface area contributed by atoms with Gasteiger partial charge in [0.15, 0.2) is 0 Å². The molecule has 0 spiro atoms. The molecule has 0 saturated carbocycles. The van der Waals surface area contributed by atoms with Crippen LogP contribution < -0.4 is 10.6 Å². The minimum Gasteiger partial charge on any atom is -0.288 e. The van der Waals surface area contributed by atoms with E-state index in [4.69, 9.17) is 0 Å². The first-order valence-electron chi connectivity index (χ1n) is 27.3. The molecule has 0 atom stereocenters. The van der Waals surface area contributed by atoms with Crippen molar-refractivity contribution in [1.82, 2.24) is 10.6 Å². The second kappa shape index (κ2) is 12.5. The molecule has 0 fully saturated rings. The number of benzene rings is 20. The number of amides is 4. The minimum atomic E-state index is -0.348. The Morgan fingerprint density at radius 2 is 0.237 bits per heavy atom. The summed E-state index contributed by atoms with van der Waals surface area (Å²) < 4.78 is 0. The molecule has 0 bridgehead atoms. The highest BCUT2D eigenvalue weighted by atomic mass is 16.2. The molecule has 20 aromatic rings. The quantitative estimate of drug-likeness (QED) is 0.0899. The maximum Gasteiger partial charge on any atom is 0.258 e. The molecule has 2 N–H and O–H groups in total. The largest absolute Gasteiger partial charge is 0.288 e. The van der Waals surface area contributed by atoms with E-state index in [0.717, 1.165) is 64.6 Å². The van der Waals surface area contributed by atoms with Crippen molar-refractivity contribution < 1.29 is 19.2 Å². The Morgan fingerprint density at radius 1 is 0.138 bits per heavy atom. The van der Waals surface area contributed by atoms with Crippen molar-refractivity contribution >= 4 is 228 Å². The molecule has 2 aliphatic heterocycles. The predicted octanol–water partition coefficient (Wildman–Crippen LogP) is 18.0. The lowest BCUT2D eigenvalue weighted by molar-refractivity contribution is 0.0828. The lowest BCUT2D eigenvalue weighted by atomic mass is 9.79. The lowest BCUT2D eigenvalue weighted by Gasteiger charge is -2.24. The standard InChI is InChI=1S/C74H30N2O4/c77-71-53-25-21-49-45-17-13-41-37-9-5-33-29-1-2-30-34-6-10-39-43-15-19-47-51-23-27-55-70-56(74(80)76-73(55)79)28-24-52(68(51)70)48-20-16-44(64(43)66(47)48)40-12-8-36(60(34)62(39)40)32-4-3-31(57(29)58(30)32)35-7-11-38(61(37)59(33)35)42-14-18-46(65(45)63(41)42)50-22-26-54(72(78)75-71)69(53)67(49)50/h1-28H,(H,75,77,78)(H,76,79,80). The number of carbonyl (C=O) groups excluding carboxylic acids is 4. The number of nitrogens with one attached hydrogen (secondary N) is 2. The Morgan fingerprint density at radius 3 is 0.362 bits per heavy atom. The highest BCUT2D eigenvalue weighted by molar-refractivity contribution is 6.51. The summed E-state index contributed by atoms with van der Waals surface area (Å²) in [5.41, 5.74) is 2.17. The fraction of sp³-hybridized carbons (Fsp3) is 0. The SMILES string of the molecule is O=C1NC(=O)c2ccc3c4ccc5c6ccc7c8ccc9c%10ccc%11c%12ccc%13c%14ccc%15c%16c(ccc(c%17ccc(c%18ccc(c%19ccc(c%20ccc(c%21ccc(c%22ccc1c2c%223)c4c%215)c6c%207)c8c%199)c%10c%18%11)c%12c%17%13)c%16%14)C(=O)NC%15=O. The summed E-state index contributed by atoms with van der Waals surface area (Å²) in [6.07, 6.45) is 0. The van der Waals surface area contributed by atoms with Crippen molar-refractivity contribution in [2.45, 2.75) is 0 Å². The van der Waals surface area contributed by atoms with Gasteiger partial charge in [-0.25, -0.2) is 0 Å². The molecule has 6 nitrogen and oxygen atoms in total. The highest BCUT2D eigenvalue weighted by Crippen LogP contribution is 2.55. The van der Waals surface area contributed by atoms with E-state index < -0.39 is 0 Å². The summed E-state index contributed by atoms with van der Waals surface area (Å²) in [7, 11) is 0. The zero-order valence-corrected chi connectivity index (χ0v) is 41.8. The van der Waals surface area contributed by atoms with E-state index >= 15 is 0 Å². The summed E-state index contributed by atoms with van der Waals surface area (Å²) in [5.74, 6) is -1.39. The third kappa shape index (κ3) is 4.00. The van der Waals surface area contributed by atoms with E-state index in [0.29, 0.717) is 22.3 Å². The van der Waals surface area contributed by atoms with E-state index in [2.05, 4.69) is 156 Å². The monoisotopic (exact) mass is 1010 g/mol. The van der Waals surface area contributed by atoms with Crippen LogP contribution in [0.3, 0.4) is 0 Å². The van der Waals surface area contributed by atoms with Crippen LogP contribution in [0.4, 0.5) is 0 Å². The highest BCUT2D eigenvalue weighted by Gasteiger charge is 2.32. The molecule has 0 aliphatic carbocycles. The van der Waals surface area contributed by atoms with E-state index in [-0.39, 0.29) is 23.6 Å². The molecular weight excluding hydrogens is 981 g/mol. The topological polar surface area (TPSA) is 92.3 Å². The maximum atomic E-state index is 13.1. The molecule has 2 heterocycles. The molecule has 0 unspecified atom stereocenters. The van der Waals surface area contributed by atoms with Gasteiger partial charge in [0.25, 0.3) is 23.6 Å². The van der Waals surface area contributed by atoms with Crippen LogP contribution in [0.15, 0.2) is 170 Å². The summed E-state index contributed by atoms with van der Waals surface area (Å²) in [6.45, 7) is 0. The van der Waals surface area contributed by atoms with E-state index in [9.17, 15) is 19.2 Å². The van der Waals surface area contributed by atoms with Gasteiger partial charge < -0.3 is 0 Å². The van der Waals surface area contributed by atoms with Crippen molar-refractivity contribution in [2.24, 2.45) is 0 Å². The number of hydrogen-bond acceptors (Lipinski definition) is 4. The van der Waals surface area contributed by atoms with E-state index in [1.807, 2.05) is 24.3 Å². The summed E-state index contributed by atoms with van der Waals surface area (Å²) in [6, 6.07) is 62.6. The van der Waals surface area contributed by atoms with Gasteiger partial charge in [-0.15, -0.1) is 0 Å². The predicted molar refractivity (Wildman–Crippen MR) is 330 cm³/mol. The van der Waals surface area contributed by atoms with Crippen molar-refractivity contribution in [3.05, 3.63) is 192 Å². The molecule has 80 heavy (non-hydrogen) atoms. The van der Waals surface area contributed by atoms with Gasteiger partial charge in [-0.1, -0.05) is 146 Å². The van der Waals surface area contributed by atoms with Crippen LogP contribution in [0.2, 0.25) is 0 Å². The van der Waals surface area contributed by atoms with Crippen molar-refractivity contribution in [1.29, 1.82) is 0 Å². The number of carbonyl (C=O) groups is 4. The third-order valence-electron chi connectivity index (χ3n) is 20.0. The van der Waals surface area contributed by atoms with Gasteiger partial charge in [0.05, 0.1) is 0 Å². The third-order valence-corrected chi connectivity index (χ3v) is 20.0. The Kier molecular flexibility index (Phi) is 6.16. The lowest BCUT2D eigenvalue weighted by Crippen LogP contribution is -2.34. The van der Waals surface area contributed by atoms with Crippen LogP contribution >= 0.6 is 0 Å². The molecule has 6 heteroatoms. The normalized spacial score (nSPS) is 14.6. The fourth-order valence-corrected chi connectivity index (χ4v) is 17.1. The Balaban J connectivity index is 0.802. The fourth-order valence-electron chi connectivity index (χ4n) is 17.1. The molecule has 4 amide bonds. The molecule has 20 aromatic carbocycles. The first kappa shape index (κ1) is 39.5. The first-order valence-corrected chi connectivity index (χ1v) is 27.3. The van der Waals surface area contributed by atoms with Gasteiger partial charge >= 0.3 is 0 Å². The van der Waals surface area contributed by atoms with Gasteiger partial charge in [-0.05, 0) is 218 Å². The number of rotatable bonds is 0. The summed E-state index contributed by atoms with van der Waals surface area (Å²) in [4.78, 5) is 52.6. The molecule has 0 radical (unpaired) electrons. The van der Waals surface area contributed by atoms with Crippen LogP contribution in [-0.2, 0) is 0 Å². The van der Waals surface area contributed by atoms with Crippen molar-refractivity contribution in [2.75, 3.05) is 0 Å². The van der Waals surface area contributed by atoms with Crippen molar-refractivity contribution in [3.8, 4) is 0 Å². The molecule has 0 saturated heterocycles. The first-order chi connectivity index (χ1) is 39.4. The van der Waals surface area contributed by atoms with Crippen molar-refractivity contribution in [3.63, 3.8) is 0 Å². The maximum absolute atomic E-state index is 13.1. The molecule has 22 rings (SSSR count). The molecular formula is C74H30N2O4. The average molecular weight is 1010 g/mol. The number of hydrogen-bond donors (Lipinski definition) is 2. The van der Waals surface area contributed by atoms with Crippen LogP contribution in [0.1, 0.15) is 41.4 Å². The van der Waals surface area contributed by atoms with Crippen LogP contribution in [0.25, 0.3) is 205 Å². The number of imide groups is 2. The Hall–Kier alpha value is -10.8. The van der Waals surface area contributed by atoms with E-state index in [1.54, 1.807) is 0 Å². The van der Waals surface area contributed by atoms with Gasteiger partial charge in [0, 0.05) is 33.0 Å². The smallest absolute Gasteiger partial charge is 0.258 e. The summed E-state index contributed by atoms with van der Waals surface area (Å²) in [5, 5.41) is 49.7. The summed E-state index contributed by atoms with van der Waals surface area (Å²) >= 11 is 0. The van der Waals surface area contributed by atoms with Gasteiger partial charge in [-0.2, -0.15) is 0 Å². The molecule has 360 valence electrons.